The lowest BCUT2D eigenvalue weighted by atomic mass is 10.1. The maximum atomic E-state index is 12.6. The first-order valence-corrected chi connectivity index (χ1v) is 9.91. The summed E-state index contributed by atoms with van der Waals surface area (Å²) in [5.41, 5.74) is 2.67. The molecule has 0 unspecified atom stereocenters. The van der Waals surface area contributed by atoms with Crippen molar-refractivity contribution in [2.24, 2.45) is 0 Å². The summed E-state index contributed by atoms with van der Waals surface area (Å²) >= 11 is 0. The maximum absolute atomic E-state index is 12.6. The molecule has 0 heterocycles. The highest BCUT2D eigenvalue weighted by Crippen LogP contribution is 2.28. The van der Waals surface area contributed by atoms with E-state index in [-0.39, 0.29) is 12.0 Å². The van der Waals surface area contributed by atoms with Gasteiger partial charge in [0.2, 0.25) is 0 Å². The normalized spacial score (nSPS) is 10.8. The highest BCUT2D eigenvalue weighted by Gasteiger charge is 2.12. The van der Waals surface area contributed by atoms with Crippen molar-refractivity contribution in [3.05, 3.63) is 59.2 Å². The quantitative estimate of drug-likeness (QED) is 0.608. The van der Waals surface area contributed by atoms with E-state index in [9.17, 15) is 4.79 Å². The molecule has 5 nitrogen and oxygen atoms in total. The zero-order valence-corrected chi connectivity index (χ0v) is 17.3. The van der Waals surface area contributed by atoms with Gasteiger partial charge in [-0.1, -0.05) is 31.2 Å². The van der Waals surface area contributed by atoms with Gasteiger partial charge in [0.05, 0.1) is 25.9 Å². The Morgan fingerprint density at radius 3 is 2.43 bits per heavy atom. The molecular formula is C23H31NO4. The molecule has 0 aliphatic heterocycles. The van der Waals surface area contributed by atoms with Crippen molar-refractivity contribution in [2.45, 2.75) is 53.4 Å². The number of hydrogen-bond acceptors (Lipinski definition) is 4. The van der Waals surface area contributed by atoms with Crippen LogP contribution in [-0.4, -0.2) is 25.2 Å². The van der Waals surface area contributed by atoms with E-state index < -0.39 is 0 Å². The summed E-state index contributed by atoms with van der Waals surface area (Å²) in [6, 6.07) is 13.3. The Hall–Kier alpha value is -2.53. The Kier molecular flexibility index (Phi) is 8.82. The minimum Gasteiger partial charge on any atom is -0.490 e. The molecule has 0 aromatic heterocycles. The van der Waals surface area contributed by atoms with E-state index in [1.807, 2.05) is 52.0 Å². The Morgan fingerprint density at radius 2 is 1.75 bits per heavy atom. The Bertz CT molecular complexity index is 758. The standard InChI is InChI=1S/C23H31NO4/c1-5-13-27-21-12-11-18(14-22(21)26-6-2)23(25)24-15-19-9-7-8-10-20(19)16-28-17(3)4/h7-12,14,17H,5-6,13,15-16H2,1-4H3,(H,24,25). The monoisotopic (exact) mass is 385 g/mol. The zero-order chi connectivity index (χ0) is 20.4. The second-order valence-electron chi connectivity index (χ2n) is 6.75. The van der Waals surface area contributed by atoms with E-state index in [4.69, 9.17) is 14.2 Å². The summed E-state index contributed by atoms with van der Waals surface area (Å²) in [4.78, 5) is 12.6. The molecule has 2 rings (SSSR count). The average Bonchev–Trinajstić information content (AvgIpc) is 2.70. The van der Waals surface area contributed by atoms with Crippen LogP contribution in [0.3, 0.4) is 0 Å². The Morgan fingerprint density at radius 1 is 1.00 bits per heavy atom. The van der Waals surface area contributed by atoms with Crippen LogP contribution in [0.25, 0.3) is 0 Å². The zero-order valence-electron chi connectivity index (χ0n) is 17.3. The number of amides is 1. The van der Waals surface area contributed by atoms with Crippen molar-refractivity contribution in [1.29, 1.82) is 0 Å². The second-order valence-corrected chi connectivity index (χ2v) is 6.75. The van der Waals surface area contributed by atoms with Crippen molar-refractivity contribution < 1.29 is 19.0 Å². The summed E-state index contributed by atoms with van der Waals surface area (Å²) in [6.07, 6.45) is 1.07. The lowest BCUT2D eigenvalue weighted by Gasteiger charge is -2.14. The minimum absolute atomic E-state index is 0.150. The van der Waals surface area contributed by atoms with Gasteiger partial charge in [-0.25, -0.2) is 0 Å². The van der Waals surface area contributed by atoms with Crippen LogP contribution in [0, 0.1) is 0 Å². The first-order valence-electron chi connectivity index (χ1n) is 9.91. The predicted molar refractivity (Wildman–Crippen MR) is 111 cm³/mol. The van der Waals surface area contributed by atoms with Crippen LogP contribution in [0.2, 0.25) is 0 Å². The minimum atomic E-state index is -0.150. The summed E-state index contributed by atoms with van der Waals surface area (Å²) in [5, 5.41) is 2.98. The fraction of sp³-hybridized carbons (Fsp3) is 0.435. The van der Waals surface area contributed by atoms with Crippen molar-refractivity contribution >= 4 is 5.91 Å². The van der Waals surface area contributed by atoms with Crippen molar-refractivity contribution in [3.63, 3.8) is 0 Å². The molecule has 1 N–H and O–H groups in total. The fourth-order valence-corrected chi connectivity index (χ4v) is 2.65. The highest BCUT2D eigenvalue weighted by atomic mass is 16.5. The molecule has 5 heteroatoms. The average molecular weight is 386 g/mol. The molecule has 0 saturated heterocycles. The number of benzene rings is 2. The topological polar surface area (TPSA) is 56.8 Å². The van der Waals surface area contributed by atoms with Crippen LogP contribution in [0.15, 0.2) is 42.5 Å². The third-order valence-electron chi connectivity index (χ3n) is 4.10. The van der Waals surface area contributed by atoms with Crippen LogP contribution >= 0.6 is 0 Å². The molecular weight excluding hydrogens is 354 g/mol. The van der Waals surface area contributed by atoms with Gasteiger partial charge in [0, 0.05) is 12.1 Å². The van der Waals surface area contributed by atoms with Gasteiger partial charge < -0.3 is 19.5 Å². The second kappa shape index (κ2) is 11.3. The van der Waals surface area contributed by atoms with Crippen molar-refractivity contribution in [2.75, 3.05) is 13.2 Å². The molecule has 0 aliphatic carbocycles. The fourth-order valence-electron chi connectivity index (χ4n) is 2.65. The largest absolute Gasteiger partial charge is 0.490 e. The van der Waals surface area contributed by atoms with E-state index in [1.54, 1.807) is 18.2 Å². The van der Waals surface area contributed by atoms with Gasteiger partial charge in [-0.2, -0.15) is 0 Å². The molecule has 0 fully saturated rings. The number of rotatable bonds is 11. The molecule has 0 aliphatic rings. The molecule has 0 bridgehead atoms. The molecule has 2 aromatic rings. The number of carbonyl (C=O) groups is 1. The lowest BCUT2D eigenvalue weighted by Crippen LogP contribution is -2.23. The van der Waals surface area contributed by atoms with Gasteiger partial charge >= 0.3 is 0 Å². The predicted octanol–water partition coefficient (Wildman–Crippen LogP) is 4.73. The Balaban J connectivity index is 2.06. The molecule has 152 valence electrons. The van der Waals surface area contributed by atoms with Crippen LogP contribution < -0.4 is 14.8 Å². The Labute approximate surface area is 168 Å². The molecule has 0 radical (unpaired) electrons. The summed E-state index contributed by atoms with van der Waals surface area (Å²) in [5.74, 6) is 1.10. The molecule has 0 spiro atoms. The molecule has 28 heavy (non-hydrogen) atoms. The molecule has 2 aromatic carbocycles. The smallest absolute Gasteiger partial charge is 0.251 e. The van der Waals surface area contributed by atoms with Crippen LogP contribution in [0.5, 0.6) is 11.5 Å². The van der Waals surface area contributed by atoms with Gasteiger partial charge in [-0.05, 0) is 56.5 Å². The highest BCUT2D eigenvalue weighted by molar-refractivity contribution is 5.94. The first-order chi connectivity index (χ1) is 13.5. The van der Waals surface area contributed by atoms with Crippen molar-refractivity contribution in [1.82, 2.24) is 5.32 Å². The molecule has 1 amide bonds. The van der Waals surface area contributed by atoms with Gasteiger partial charge in [0.25, 0.3) is 5.91 Å². The summed E-state index contributed by atoms with van der Waals surface area (Å²) in [6.45, 7) is 10.1. The number of carbonyl (C=O) groups excluding carboxylic acids is 1. The lowest BCUT2D eigenvalue weighted by molar-refractivity contribution is 0.0651. The van der Waals surface area contributed by atoms with Gasteiger partial charge in [-0.15, -0.1) is 0 Å². The van der Waals surface area contributed by atoms with E-state index >= 15 is 0 Å². The maximum Gasteiger partial charge on any atom is 0.251 e. The van der Waals surface area contributed by atoms with E-state index in [0.29, 0.717) is 43.4 Å². The number of ether oxygens (including phenoxy) is 3. The number of hydrogen-bond donors (Lipinski definition) is 1. The van der Waals surface area contributed by atoms with Crippen LogP contribution in [0.1, 0.15) is 55.6 Å². The first kappa shape index (κ1) is 21.8. The number of nitrogens with one attached hydrogen (secondary N) is 1. The van der Waals surface area contributed by atoms with Crippen LogP contribution in [-0.2, 0) is 17.9 Å². The SMILES string of the molecule is CCCOc1ccc(C(=O)NCc2ccccc2COC(C)C)cc1OCC. The molecule has 0 atom stereocenters. The van der Waals surface area contributed by atoms with E-state index in [2.05, 4.69) is 5.32 Å². The van der Waals surface area contributed by atoms with E-state index in [1.165, 1.54) is 0 Å². The van der Waals surface area contributed by atoms with Gasteiger partial charge in [0.15, 0.2) is 11.5 Å². The van der Waals surface area contributed by atoms with Crippen LogP contribution in [0.4, 0.5) is 0 Å². The third-order valence-corrected chi connectivity index (χ3v) is 4.10. The van der Waals surface area contributed by atoms with Gasteiger partial charge in [0.1, 0.15) is 0 Å². The van der Waals surface area contributed by atoms with Gasteiger partial charge in [-0.3, -0.25) is 4.79 Å². The third kappa shape index (κ3) is 6.57. The summed E-state index contributed by atoms with van der Waals surface area (Å²) in [7, 11) is 0. The molecule has 0 saturated carbocycles. The van der Waals surface area contributed by atoms with E-state index in [0.717, 1.165) is 17.5 Å². The summed E-state index contributed by atoms with van der Waals surface area (Å²) < 4.78 is 17.0. The van der Waals surface area contributed by atoms with Crippen molar-refractivity contribution in [3.8, 4) is 11.5 Å².